The Balaban J connectivity index is 4.49. The molecule has 0 aliphatic rings. The fourth-order valence-electron chi connectivity index (χ4n) is 0.992. The van der Waals surface area contributed by atoms with Crippen LogP contribution >= 0.6 is 0 Å². The van der Waals surface area contributed by atoms with Crippen molar-refractivity contribution >= 4 is 18.0 Å². The first-order valence-electron chi connectivity index (χ1n) is 4.89. The van der Waals surface area contributed by atoms with E-state index in [9.17, 15) is 14.4 Å². The van der Waals surface area contributed by atoms with Gasteiger partial charge in [-0.25, -0.2) is 9.59 Å². The molecule has 0 aliphatic carbocycles. The zero-order valence-corrected chi connectivity index (χ0v) is 9.56. The average molecular weight is 244 g/mol. The molecule has 0 saturated carbocycles. The van der Waals surface area contributed by atoms with Crippen molar-refractivity contribution in [3.63, 3.8) is 0 Å². The summed E-state index contributed by atoms with van der Waals surface area (Å²) in [4.78, 5) is 32.8. The standard InChI is InChI=1S/C10H16N2O5/c1-3-6-17-9(16)12-10(2,8(14)15)5-4-7(11)13/h3H,1,4-6H2,2H3,(H2,11,13)(H,12,16)(H,14,15)/t10-/m0/s1. The minimum Gasteiger partial charge on any atom is -0.480 e. The molecule has 0 heterocycles. The Morgan fingerprint density at radius 2 is 2.12 bits per heavy atom. The average Bonchev–Trinajstić information content (AvgIpc) is 2.23. The number of rotatable bonds is 7. The maximum absolute atomic E-state index is 11.2. The highest BCUT2D eigenvalue weighted by Crippen LogP contribution is 2.13. The topological polar surface area (TPSA) is 119 Å². The molecule has 96 valence electrons. The van der Waals surface area contributed by atoms with Crippen LogP contribution in [0.15, 0.2) is 12.7 Å². The molecule has 0 unspecified atom stereocenters. The van der Waals surface area contributed by atoms with Crippen molar-refractivity contribution in [1.29, 1.82) is 0 Å². The van der Waals surface area contributed by atoms with Crippen LogP contribution < -0.4 is 11.1 Å². The normalized spacial score (nSPS) is 13.2. The maximum Gasteiger partial charge on any atom is 0.408 e. The maximum atomic E-state index is 11.2. The lowest BCUT2D eigenvalue weighted by Crippen LogP contribution is -2.52. The first-order chi connectivity index (χ1) is 7.81. The molecule has 0 aromatic rings. The number of nitrogens with two attached hydrogens (primary N) is 1. The van der Waals surface area contributed by atoms with Crippen molar-refractivity contribution < 1.29 is 24.2 Å². The van der Waals surface area contributed by atoms with Crippen LogP contribution in [0.25, 0.3) is 0 Å². The van der Waals surface area contributed by atoms with E-state index in [2.05, 4.69) is 16.6 Å². The van der Waals surface area contributed by atoms with E-state index in [1.165, 1.54) is 13.0 Å². The molecule has 17 heavy (non-hydrogen) atoms. The molecular formula is C10H16N2O5. The van der Waals surface area contributed by atoms with Gasteiger partial charge in [0.15, 0.2) is 0 Å². The van der Waals surface area contributed by atoms with Crippen molar-refractivity contribution in [1.82, 2.24) is 5.32 Å². The highest BCUT2D eigenvalue weighted by Gasteiger charge is 2.35. The number of hydrogen-bond donors (Lipinski definition) is 3. The molecule has 7 nitrogen and oxygen atoms in total. The Morgan fingerprint density at radius 1 is 1.53 bits per heavy atom. The Hall–Kier alpha value is -2.05. The predicted octanol–water partition coefficient (Wildman–Crippen LogP) is 0.00740. The molecule has 0 radical (unpaired) electrons. The molecule has 0 aliphatic heterocycles. The van der Waals surface area contributed by atoms with Gasteiger partial charge in [0.2, 0.25) is 5.91 Å². The van der Waals surface area contributed by atoms with Gasteiger partial charge in [0.05, 0.1) is 0 Å². The summed E-state index contributed by atoms with van der Waals surface area (Å²) < 4.78 is 4.60. The lowest BCUT2D eigenvalue weighted by molar-refractivity contribution is -0.144. The summed E-state index contributed by atoms with van der Waals surface area (Å²) in [5, 5.41) is 11.1. The van der Waals surface area contributed by atoms with Crippen molar-refractivity contribution in [2.24, 2.45) is 5.73 Å². The third-order valence-corrected chi connectivity index (χ3v) is 2.05. The van der Waals surface area contributed by atoms with Crippen LogP contribution in [-0.2, 0) is 14.3 Å². The quantitative estimate of drug-likeness (QED) is 0.545. The Morgan fingerprint density at radius 3 is 2.53 bits per heavy atom. The number of amides is 2. The fourth-order valence-corrected chi connectivity index (χ4v) is 0.992. The predicted molar refractivity (Wildman–Crippen MR) is 59.1 cm³/mol. The Bertz CT molecular complexity index is 329. The largest absolute Gasteiger partial charge is 0.480 e. The minimum atomic E-state index is -1.59. The summed E-state index contributed by atoms with van der Waals surface area (Å²) in [6.07, 6.45) is 0.200. The van der Waals surface area contributed by atoms with Crippen LogP contribution in [0.5, 0.6) is 0 Å². The van der Waals surface area contributed by atoms with Gasteiger partial charge in [-0.2, -0.15) is 0 Å². The first-order valence-corrected chi connectivity index (χ1v) is 4.89. The van der Waals surface area contributed by atoms with Gasteiger partial charge in [-0.15, -0.1) is 0 Å². The summed E-state index contributed by atoms with van der Waals surface area (Å²) in [5.41, 5.74) is 3.33. The fraction of sp³-hybridized carbons (Fsp3) is 0.500. The molecular weight excluding hydrogens is 228 g/mol. The second kappa shape index (κ2) is 6.51. The SMILES string of the molecule is C=CCOC(=O)N[C@@](C)(CCC(N)=O)C(=O)O. The molecule has 0 spiro atoms. The van der Waals surface area contributed by atoms with E-state index in [0.29, 0.717) is 0 Å². The van der Waals surface area contributed by atoms with Gasteiger partial charge < -0.3 is 20.9 Å². The summed E-state index contributed by atoms with van der Waals surface area (Å²) in [5.74, 6) is -1.91. The van der Waals surface area contributed by atoms with Gasteiger partial charge in [0, 0.05) is 6.42 Å². The van der Waals surface area contributed by atoms with Crippen LogP contribution in [0.1, 0.15) is 19.8 Å². The van der Waals surface area contributed by atoms with Crippen LogP contribution in [0, 0.1) is 0 Å². The smallest absolute Gasteiger partial charge is 0.408 e. The van der Waals surface area contributed by atoms with Crippen LogP contribution in [0.4, 0.5) is 4.79 Å². The second-order valence-corrected chi connectivity index (χ2v) is 3.62. The summed E-state index contributed by atoms with van der Waals surface area (Å²) in [6, 6.07) is 0. The molecule has 0 saturated heterocycles. The van der Waals surface area contributed by atoms with E-state index in [1.807, 2.05) is 0 Å². The van der Waals surface area contributed by atoms with E-state index >= 15 is 0 Å². The highest BCUT2D eigenvalue weighted by atomic mass is 16.5. The second-order valence-electron chi connectivity index (χ2n) is 3.62. The van der Waals surface area contributed by atoms with E-state index < -0.39 is 23.5 Å². The number of primary amides is 1. The number of ether oxygens (including phenoxy) is 1. The molecule has 0 aromatic carbocycles. The number of alkyl carbamates (subject to hydrolysis) is 1. The van der Waals surface area contributed by atoms with E-state index in [0.717, 1.165) is 0 Å². The van der Waals surface area contributed by atoms with E-state index in [-0.39, 0.29) is 19.4 Å². The number of nitrogens with one attached hydrogen (secondary N) is 1. The first kappa shape index (κ1) is 14.9. The summed E-state index contributed by atoms with van der Waals surface area (Å²) in [6.45, 7) is 4.58. The summed E-state index contributed by atoms with van der Waals surface area (Å²) >= 11 is 0. The van der Waals surface area contributed by atoms with Gasteiger partial charge in [-0.3, -0.25) is 4.79 Å². The number of carboxylic acids is 1. The van der Waals surface area contributed by atoms with Crippen molar-refractivity contribution in [3.05, 3.63) is 12.7 Å². The van der Waals surface area contributed by atoms with Crippen molar-refractivity contribution in [2.45, 2.75) is 25.3 Å². The number of carbonyl (C=O) groups is 3. The Kier molecular flexibility index (Phi) is 5.73. The number of hydrogen-bond acceptors (Lipinski definition) is 4. The third-order valence-electron chi connectivity index (χ3n) is 2.05. The molecule has 1 atom stereocenters. The molecule has 0 fully saturated rings. The molecule has 7 heteroatoms. The molecule has 0 aromatic heterocycles. The number of carboxylic acid groups (broad SMARTS) is 1. The monoisotopic (exact) mass is 244 g/mol. The van der Waals surface area contributed by atoms with E-state index in [4.69, 9.17) is 10.8 Å². The van der Waals surface area contributed by atoms with Gasteiger partial charge in [-0.05, 0) is 13.3 Å². The van der Waals surface area contributed by atoms with Crippen molar-refractivity contribution in [3.8, 4) is 0 Å². The third kappa shape index (κ3) is 5.55. The van der Waals surface area contributed by atoms with Crippen LogP contribution in [0.2, 0.25) is 0 Å². The van der Waals surface area contributed by atoms with Gasteiger partial charge >= 0.3 is 12.1 Å². The van der Waals surface area contributed by atoms with Crippen LogP contribution in [-0.4, -0.2) is 35.2 Å². The highest BCUT2D eigenvalue weighted by molar-refractivity contribution is 5.85. The zero-order chi connectivity index (χ0) is 13.5. The molecule has 0 rings (SSSR count). The minimum absolute atomic E-state index is 0.0304. The molecule has 0 bridgehead atoms. The van der Waals surface area contributed by atoms with Gasteiger partial charge in [0.25, 0.3) is 0 Å². The van der Waals surface area contributed by atoms with Gasteiger partial charge in [-0.1, -0.05) is 12.7 Å². The zero-order valence-electron chi connectivity index (χ0n) is 9.56. The summed E-state index contributed by atoms with van der Waals surface area (Å²) in [7, 11) is 0. The van der Waals surface area contributed by atoms with E-state index in [1.54, 1.807) is 0 Å². The molecule has 2 amide bonds. The van der Waals surface area contributed by atoms with Crippen molar-refractivity contribution in [2.75, 3.05) is 6.61 Å². The van der Waals surface area contributed by atoms with Crippen LogP contribution in [0.3, 0.4) is 0 Å². The number of aliphatic carboxylic acids is 1. The lowest BCUT2D eigenvalue weighted by Gasteiger charge is -2.25. The Labute approximate surface area is 98.6 Å². The van der Waals surface area contributed by atoms with Gasteiger partial charge in [0.1, 0.15) is 12.1 Å². The molecule has 4 N–H and O–H groups in total. The number of carbonyl (C=O) groups excluding carboxylic acids is 2. The lowest BCUT2D eigenvalue weighted by atomic mass is 9.96.